The Labute approximate surface area is 142 Å². The van der Waals surface area contributed by atoms with Gasteiger partial charge >= 0.3 is 6.18 Å². The van der Waals surface area contributed by atoms with Gasteiger partial charge in [-0.1, -0.05) is 0 Å². The number of amides is 1. The van der Waals surface area contributed by atoms with E-state index >= 15 is 0 Å². The van der Waals surface area contributed by atoms with E-state index in [1.165, 1.54) is 23.5 Å². The molecule has 0 radical (unpaired) electrons. The SMILES string of the molecule is Cc1ncc(C=CC(=O)Nc2cc(C(F)(F)F)ccc2I)s1. The maximum Gasteiger partial charge on any atom is 0.416 e. The molecule has 1 aromatic carbocycles. The minimum absolute atomic E-state index is 0.130. The number of nitrogens with zero attached hydrogens (tertiary/aromatic N) is 1. The molecule has 22 heavy (non-hydrogen) atoms. The number of aryl methyl sites for hydroxylation is 1. The predicted octanol–water partition coefficient (Wildman–Crippen LogP) is 4.73. The highest BCUT2D eigenvalue weighted by molar-refractivity contribution is 14.1. The molecule has 0 aliphatic rings. The number of halogens is 4. The zero-order chi connectivity index (χ0) is 16.3. The number of carbonyl (C=O) groups is 1. The van der Waals surface area contributed by atoms with Crippen LogP contribution in [0.4, 0.5) is 18.9 Å². The fourth-order valence-corrected chi connectivity index (χ4v) is 2.74. The van der Waals surface area contributed by atoms with Crippen molar-refractivity contribution in [3.8, 4) is 0 Å². The molecule has 0 fully saturated rings. The van der Waals surface area contributed by atoms with Gasteiger partial charge in [-0.05, 0) is 53.8 Å². The van der Waals surface area contributed by atoms with Crippen LogP contribution in [0.1, 0.15) is 15.4 Å². The van der Waals surface area contributed by atoms with Crippen molar-refractivity contribution < 1.29 is 18.0 Å². The van der Waals surface area contributed by atoms with Gasteiger partial charge in [0.1, 0.15) is 0 Å². The maximum absolute atomic E-state index is 12.7. The Balaban J connectivity index is 2.13. The summed E-state index contributed by atoms with van der Waals surface area (Å²) in [5.74, 6) is -0.497. The van der Waals surface area contributed by atoms with E-state index in [1.54, 1.807) is 12.3 Å². The second-order valence-electron chi connectivity index (χ2n) is 4.30. The summed E-state index contributed by atoms with van der Waals surface area (Å²) in [6, 6.07) is 3.22. The Hall–Kier alpha value is -1.42. The largest absolute Gasteiger partial charge is 0.416 e. The lowest BCUT2D eigenvalue weighted by atomic mass is 10.2. The van der Waals surface area contributed by atoms with Gasteiger partial charge in [-0.3, -0.25) is 4.79 Å². The van der Waals surface area contributed by atoms with E-state index in [0.717, 1.165) is 22.0 Å². The van der Waals surface area contributed by atoms with E-state index in [-0.39, 0.29) is 5.69 Å². The van der Waals surface area contributed by atoms with Crippen LogP contribution in [0.15, 0.2) is 30.5 Å². The van der Waals surface area contributed by atoms with Crippen LogP contribution in [0, 0.1) is 10.5 Å². The number of nitrogens with one attached hydrogen (secondary N) is 1. The zero-order valence-corrected chi connectivity index (χ0v) is 14.2. The fourth-order valence-electron chi connectivity index (χ4n) is 1.58. The second-order valence-corrected chi connectivity index (χ2v) is 6.73. The monoisotopic (exact) mass is 438 g/mol. The molecule has 1 N–H and O–H groups in total. The molecule has 1 amide bonds. The highest BCUT2D eigenvalue weighted by Crippen LogP contribution is 2.32. The Morgan fingerprint density at radius 3 is 2.73 bits per heavy atom. The van der Waals surface area contributed by atoms with Gasteiger partial charge in [-0.15, -0.1) is 11.3 Å². The van der Waals surface area contributed by atoms with Crippen LogP contribution < -0.4 is 5.32 Å². The molecule has 0 atom stereocenters. The van der Waals surface area contributed by atoms with Crippen molar-refractivity contribution in [2.75, 3.05) is 5.32 Å². The third kappa shape index (κ3) is 4.54. The van der Waals surface area contributed by atoms with Gasteiger partial charge in [0.2, 0.25) is 5.91 Å². The second kappa shape index (κ2) is 6.78. The maximum atomic E-state index is 12.7. The summed E-state index contributed by atoms with van der Waals surface area (Å²) in [7, 11) is 0. The lowest BCUT2D eigenvalue weighted by Gasteiger charge is -2.10. The number of anilines is 1. The normalized spacial score (nSPS) is 11.9. The summed E-state index contributed by atoms with van der Waals surface area (Å²) < 4.78 is 38.6. The molecule has 0 bridgehead atoms. The van der Waals surface area contributed by atoms with E-state index in [4.69, 9.17) is 0 Å². The molecule has 2 rings (SSSR count). The topological polar surface area (TPSA) is 42.0 Å². The Bertz CT molecular complexity index is 725. The molecule has 1 aromatic heterocycles. The first-order valence-electron chi connectivity index (χ1n) is 6.04. The van der Waals surface area contributed by atoms with E-state index in [1.807, 2.05) is 29.5 Å². The molecular formula is C14H10F3IN2OS. The van der Waals surface area contributed by atoms with Crippen LogP contribution >= 0.6 is 33.9 Å². The molecule has 3 nitrogen and oxygen atoms in total. The van der Waals surface area contributed by atoms with Crippen LogP contribution in [-0.4, -0.2) is 10.9 Å². The van der Waals surface area contributed by atoms with Gasteiger partial charge in [0, 0.05) is 20.7 Å². The van der Waals surface area contributed by atoms with Crippen molar-refractivity contribution in [3.63, 3.8) is 0 Å². The molecule has 0 spiro atoms. The first-order valence-corrected chi connectivity index (χ1v) is 7.93. The minimum atomic E-state index is -4.44. The highest BCUT2D eigenvalue weighted by atomic mass is 127. The Kier molecular flexibility index (Phi) is 5.22. The predicted molar refractivity (Wildman–Crippen MR) is 88.7 cm³/mol. The highest BCUT2D eigenvalue weighted by Gasteiger charge is 2.31. The van der Waals surface area contributed by atoms with E-state index < -0.39 is 17.6 Å². The molecule has 8 heteroatoms. The van der Waals surface area contributed by atoms with Gasteiger partial charge in [-0.2, -0.15) is 13.2 Å². The van der Waals surface area contributed by atoms with E-state index in [0.29, 0.717) is 3.57 Å². The third-order valence-electron chi connectivity index (χ3n) is 2.59. The van der Waals surface area contributed by atoms with Crippen molar-refractivity contribution in [2.45, 2.75) is 13.1 Å². The first-order chi connectivity index (χ1) is 10.3. The molecule has 0 aliphatic carbocycles. The summed E-state index contributed by atoms with van der Waals surface area (Å²) >= 11 is 3.28. The van der Waals surface area contributed by atoms with Crippen molar-refractivity contribution in [1.29, 1.82) is 0 Å². The molecule has 0 unspecified atom stereocenters. The Morgan fingerprint density at radius 2 is 2.14 bits per heavy atom. The van der Waals surface area contributed by atoms with Gasteiger partial charge in [0.05, 0.1) is 16.3 Å². The van der Waals surface area contributed by atoms with Crippen LogP contribution in [0.5, 0.6) is 0 Å². The van der Waals surface area contributed by atoms with Crippen LogP contribution in [0.2, 0.25) is 0 Å². The van der Waals surface area contributed by atoms with Gasteiger partial charge in [0.15, 0.2) is 0 Å². The number of aromatic nitrogens is 1. The summed E-state index contributed by atoms with van der Waals surface area (Å²) in [5, 5.41) is 3.32. The first kappa shape index (κ1) is 16.9. The summed E-state index contributed by atoms with van der Waals surface area (Å²) in [6.07, 6.45) is 0.0153. The van der Waals surface area contributed by atoms with Gasteiger partial charge in [-0.25, -0.2) is 4.98 Å². The summed E-state index contributed by atoms with van der Waals surface area (Å²) in [5.41, 5.74) is -0.671. The third-order valence-corrected chi connectivity index (χ3v) is 4.41. The van der Waals surface area contributed by atoms with Gasteiger partial charge in [0.25, 0.3) is 0 Å². The number of thiazole rings is 1. The van der Waals surface area contributed by atoms with Crippen LogP contribution in [-0.2, 0) is 11.0 Å². The van der Waals surface area contributed by atoms with Gasteiger partial charge < -0.3 is 5.32 Å². The van der Waals surface area contributed by atoms with Crippen LogP contribution in [0.25, 0.3) is 6.08 Å². The number of benzene rings is 1. The number of hydrogen-bond donors (Lipinski definition) is 1. The molecule has 2 aromatic rings. The molecule has 0 saturated carbocycles. The zero-order valence-electron chi connectivity index (χ0n) is 11.2. The minimum Gasteiger partial charge on any atom is -0.322 e. The summed E-state index contributed by atoms with van der Waals surface area (Å²) in [4.78, 5) is 16.6. The number of rotatable bonds is 3. The molecular weight excluding hydrogens is 428 g/mol. The molecule has 116 valence electrons. The lowest BCUT2D eigenvalue weighted by molar-refractivity contribution is -0.137. The average molecular weight is 438 g/mol. The van der Waals surface area contributed by atoms with Crippen molar-refractivity contribution in [3.05, 3.63) is 49.5 Å². The quantitative estimate of drug-likeness (QED) is 0.557. The van der Waals surface area contributed by atoms with Crippen molar-refractivity contribution in [2.24, 2.45) is 0 Å². The Morgan fingerprint density at radius 1 is 1.41 bits per heavy atom. The molecule has 1 heterocycles. The lowest BCUT2D eigenvalue weighted by Crippen LogP contribution is -2.11. The van der Waals surface area contributed by atoms with Crippen molar-refractivity contribution >= 4 is 51.6 Å². The summed E-state index contributed by atoms with van der Waals surface area (Å²) in [6.45, 7) is 1.84. The average Bonchev–Trinajstić information content (AvgIpc) is 2.83. The smallest absolute Gasteiger partial charge is 0.322 e. The van der Waals surface area contributed by atoms with Crippen LogP contribution in [0.3, 0.4) is 0 Å². The standard InChI is InChI=1S/C14H10F3IN2OS/c1-8-19-7-10(22-8)3-5-13(21)20-12-6-9(14(15,16)17)2-4-11(12)18/h2-7H,1H3,(H,20,21). The van der Waals surface area contributed by atoms with E-state index in [2.05, 4.69) is 10.3 Å². The number of hydrogen-bond acceptors (Lipinski definition) is 3. The van der Waals surface area contributed by atoms with Crippen molar-refractivity contribution in [1.82, 2.24) is 4.98 Å². The molecule has 0 aliphatic heterocycles. The number of carbonyl (C=O) groups excluding carboxylic acids is 1. The number of alkyl halides is 3. The fraction of sp³-hybridized carbons (Fsp3) is 0.143. The molecule has 0 saturated heterocycles. The van der Waals surface area contributed by atoms with E-state index in [9.17, 15) is 18.0 Å².